The molecule has 2 aromatic carbocycles. The largest absolute Gasteiger partial charge is 0.381 e. The second-order valence-corrected chi connectivity index (χ2v) is 4.18. The molecule has 2 N–H and O–H groups in total. The molecule has 3 nitrogen and oxygen atoms in total. The Morgan fingerprint density at radius 2 is 1.79 bits per heavy atom. The van der Waals surface area contributed by atoms with Crippen LogP contribution in [0.2, 0.25) is 0 Å². The summed E-state index contributed by atoms with van der Waals surface area (Å²) >= 11 is 0. The topological polar surface area (TPSA) is 41.1 Å². The Balaban J connectivity index is 1.91. The van der Waals surface area contributed by atoms with Crippen molar-refractivity contribution in [3.63, 3.8) is 0 Å². The van der Waals surface area contributed by atoms with E-state index >= 15 is 0 Å². The molecule has 0 aliphatic heterocycles. The number of hydrogen-bond acceptors (Lipinski definition) is 2. The van der Waals surface area contributed by atoms with Gasteiger partial charge in [-0.05, 0) is 35.4 Å². The SMILES string of the molecule is O=CNCc1ccc(NCc2cccc(F)c2)cc1. The summed E-state index contributed by atoms with van der Waals surface area (Å²) in [5.74, 6) is -0.227. The van der Waals surface area contributed by atoms with E-state index in [2.05, 4.69) is 10.6 Å². The third-order valence-corrected chi connectivity index (χ3v) is 2.73. The van der Waals surface area contributed by atoms with E-state index in [0.717, 1.165) is 16.8 Å². The van der Waals surface area contributed by atoms with E-state index in [1.54, 1.807) is 6.07 Å². The Bertz CT molecular complexity index is 540. The number of nitrogens with one attached hydrogen (secondary N) is 2. The van der Waals surface area contributed by atoms with Gasteiger partial charge in [0.15, 0.2) is 0 Å². The average Bonchev–Trinajstić information content (AvgIpc) is 2.44. The Morgan fingerprint density at radius 3 is 2.47 bits per heavy atom. The summed E-state index contributed by atoms with van der Waals surface area (Å²) in [5.41, 5.74) is 2.88. The van der Waals surface area contributed by atoms with Gasteiger partial charge >= 0.3 is 0 Å². The minimum atomic E-state index is -0.227. The lowest BCUT2D eigenvalue weighted by molar-refractivity contribution is -0.109. The molecule has 4 heteroatoms. The molecule has 0 aliphatic carbocycles. The van der Waals surface area contributed by atoms with Gasteiger partial charge in [-0.1, -0.05) is 24.3 Å². The fourth-order valence-corrected chi connectivity index (χ4v) is 1.75. The van der Waals surface area contributed by atoms with Crippen LogP contribution < -0.4 is 10.6 Å². The first-order chi connectivity index (χ1) is 9.28. The van der Waals surface area contributed by atoms with Crippen molar-refractivity contribution in [2.75, 3.05) is 5.32 Å². The maximum atomic E-state index is 13.0. The minimum Gasteiger partial charge on any atom is -0.381 e. The highest BCUT2D eigenvalue weighted by atomic mass is 19.1. The van der Waals surface area contributed by atoms with Crippen LogP contribution in [0.1, 0.15) is 11.1 Å². The number of rotatable bonds is 6. The van der Waals surface area contributed by atoms with Crippen LogP contribution in [0.15, 0.2) is 48.5 Å². The van der Waals surface area contributed by atoms with E-state index in [-0.39, 0.29) is 5.82 Å². The number of carbonyl (C=O) groups excluding carboxylic acids is 1. The van der Waals surface area contributed by atoms with Gasteiger partial charge in [0.25, 0.3) is 0 Å². The normalized spacial score (nSPS) is 9.95. The molecule has 0 spiro atoms. The van der Waals surface area contributed by atoms with Crippen molar-refractivity contribution in [2.24, 2.45) is 0 Å². The molecule has 98 valence electrons. The predicted molar refractivity (Wildman–Crippen MR) is 73.1 cm³/mol. The van der Waals surface area contributed by atoms with Gasteiger partial charge in [-0.3, -0.25) is 4.79 Å². The molecule has 0 aliphatic rings. The van der Waals surface area contributed by atoms with Gasteiger partial charge in [-0.15, -0.1) is 0 Å². The summed E-state index contributed by atoms with van der Waals surface area (Å²) in [6.07, 6.45) is 0.677. The van der Waals surface area contributed by atoms with Gasteiger partial charge < -0.3 is 10.6 Å². The lowest BCUT2D eigenvalue weighted by atomic mass is 10.2. The van der Waals surface area contributed by atoms with Crippen LogP contribution in [0, 0.1) is 5.82 Å². The molecule has 0 saturated heterocycles. The highest BCUT2D eigenvalue weighted by Gasteiger charge is 1.97. The molecular weight excluding hydrogens is 243 g/mol. The second kappa shape index (κ2) is 6.54. The summed E-state index contributed by atoms with van der Waals surface area (Å²) in [4.78, 5) is 10.2. The van der Waals surface area contributed by atoms with Crippen LogP contribution in [0.5, 0.6) is 0 Å². The van der Waals surface area contributed by atoms with Crippen molar-refractivity contribution in [3.8, 4) is 0 Å². The van der Waals surface area contributed by atoms with Crippen molar-refractivity contribution in [1.29, 1.82) is 0 Å². The molecule has 0 aromatic heterocycles. The summed E-state index contributed by atoms with van der Waals surface area (Å²) in [7, 11) is 0. The molecular formula is C15H15FN2O. The molecule has 0 saturated carbocycles. The van der Waals surface area contributed by atoms with Gasteiger partial charge in [0.2, 0.25) is 6.41 Å². The number of carbonyl (C=O) groups is 1. The average molecular weight is 258 g/mol. The van der Waals surface area contributed by atoms with Gasteiger partial charge in [0.1, 0.15) is 5.82 Å². The molecule has 0 heterocycles. The molecule has 0 atom stereocenters. The fourth-order valence-electron chi connectivity index (χ4n) is 1.75. The van der Waals surface area contributed by atoms with Crippen molar-refractivity contribution in [1.82, 2.24) is 5.32 Å². The van der Waals surface area contributed by atoms with Crippen molar-refractivity contribution in [2.45, 2.75) is 13.1 Å². The van der Waals surface area contributed by atoms with Crippen LogP contribution in [-0.2, 0) is 17.9 Å². The Hall–Kier alpha value is -2.36. The summed E-state index contributed by atoms with van der Waals surface area (Å²) in [6, 6.07) is 14.2. The number of anilines is 1. The zero-order valence-corrected chi connectivity index (χ0v) is 10.4. The first kappa shape index (κ1) is 13.1. The maximum Gasteiger partial charge on any atom is 0.207 e. The molecule has 0 radical (unpaired) electrons. The molecule has 1 amide bonds. The van der Waals surface area contributed by atoms with Crippen LogP contribution in [0.3, 0.4) is 0 Å². The van der Waals surface area contributed by atoms with Crippen molar-refractivity contribution < 1.29 is 9.18 Å². The van der Waals surface area contributed by atoms with E-state index in [1.165, 1.54) is 12.1 Å². The molecule has 0 unspecified atom stereocenters. The monoisotopic (exact) mass is 258 g/mol. The van der Waals surface area contributed by atoms with E-state index < -0.39 is 0 Å². The van der Waals surface area contributed by atoms with E-state index in [9.17, 15) is 9.18 Å². The van der Waals surface area contributed by atoms with Gasteiger partial charge in [0.05, 0.1) is 0 Å². The van der Waals surface area contributed by atoms with Crippen molar-refractivity contribution in [3.05, 3.63) is 65.5 Å². The second-order valence-electron chi connectivity index (χ2n) is 4.18. The smallest absolute Gasteiger partial charge is 0.207 e. The summed E-state index contributed by atoms with van der Waals surface area (Å²) < 4.78 is 13.0. The van der Waals surface area contributed by atoms with Gasteiger partial charge in [-0.25, -0.2) is 4.39 Å². The van der Waals surface area contributed by atoms with E-state index in [0.29, 0.717) is 19.5 Å². The van der Waals surface area contributed by atoms with Crippen LogP contribution in [0.4, 0.5) is 10.1 Å². The third-order valence-electron chi connectivity index (χ3n) is 2.73. The summed E-state index contributed by atoms with van der Waals surface area (Å²) in [5, 5.41) is 5.82. The highest BCUT2D eigenvalue weighted by Crippen LogP contribution is 2.11. The van der Waals surface area contributed by atoms with Crippen LogP contribution in [0.25, 0.3) is 0 Å². The number of benzene rings is 2. The lowest BCUT2D eigenvalue weighted by Gasteiger charge is -2.07. The van der Waals surface area contributed by atoms with Crippen molar-refractivity contribution >= 4 is 12.1 Å². The zero-order valence-electron chi connectivity index (χ0n) is 10.4. The van der Waals surface area contributed by atoms with E-state index in [1.807, 2.05) is 30.3 Å². The highest BCUT2D eigenvalue weighted by molar-refractivity contribution is 5.48. The third kappa shape index (κ3) is 4.10. The zero-order chi connectivity index (χ0) is 13.5. The molecule has 2 aromatic rings. The quantitative estimate of drug-likeness (QED) is 0.782. The maximum absolute atomic E-state index is 13.0. The molecule has 0 bridgehead atoms. The Kier molecular flexibility index (Phi) is 4.50. The Labute approximate surface area is 111 Å². The Morgan fingerprint density at radius 1 is 1.00 bits per heavy atom. The first-order valence-electron chi connectivity index (χ1n) is 6.02. The molecule has 0 fully saturated rings. The first-order valence-corrected chi connectivity index (χ1v) is 6.02. The van der Waals surface area contributed by atoms with Gasteiger partial charge in [-0.2, -0.15) is 0 Å². The fraction of sp³-hybridized carbons (Fsp3) is 0.133. The van der Waals surface area contributed by atoms with Crippen LogP contribution in [-0.4, -0.2) is 6.41 Å². The van der Waals surface area contributed by atoms with Crippen LogP contribution >= 0.6 is 0 Å². The summed E-state index contributed by atoms with van der Waals surface area (Å²) in [6.45, 7) is 1.09. The number of hydrogen-bond donors (Lipinski definition) is 2. The number of halogens is 1. The number of amides is 1. The van der Waals surface area contributed by atoms with E-state index in [4.69, 9.17) is 0 Å². The lowest BCUT2D eigenvalue weighted by Crippen LogP contribution is -2.09. The predicted octanol–water partition coefficient (Wildman–Crippen LogP) is 2.68. The minimum absolute atomic E-state index is 0.227. The standard InChI is InChI=1S/C15H15FN2O/c16-14-3-1-2-13(8-14)10-18-15-6-4-12(5-7-15)9-17-11-19/h1-8,11,18H,9-10H2,(H,17,19). The molecule has 19 heavy (non-hydrogen) atoms. The molecule has 2 rings (SSSR count). The van der Waals surface area contributed by atoms with Gasteiger partial charge in [0, 0.05) is 18.8 Å².